The van der Waals surface area contributed by atoms with E-state index in [2.05, 4.69) is 21.4 Å². The highest BCUT2D eigenvalue weighted by atomic mass is 35.5. The zero-order valence-corrected chi connectivity index (χ0v) is 12.5. The second-order valence-corrected chi connectivity index (χ2v) is 5.31. The summed E-state index contributed by atoms with van der Waals surface area (Å²) in [5, 5.41) is 13.9. The van der Waals surface area contributed by atoms with Crippen LogP contribution < -0.4 is 5.32 Å². The van der Waals surface area contributed by atoms with Gasteiger partial charge in [-0.3, -0.25) is 0 Å². The van der Waals surface area contributed by atoms with Crippen molar-refractivity contribution in [1.29, 1.82) is 5.26 Å². The van der Waals surface area contributed by atoms with E-state index in [9.17, 15) is 0 Å². The predicted molar refractivity (Wildman–Crippen MR) is 87.9 cm³/mol. The molecule has 0 aliphatic carbocycles. The van der Waals surface area contributed by atoms with Gasteiger partial charge in [-0.15, -0.1) is 0 Å². The number of nitrogens with one attached hydrogen (secondary N) is 1. The molecule has 3 aromatic rings. The Hall–Kier alpha value is -2.64. The van der Waals surface area contributed by atoms with Gasteiger partial charge < -0.3 is 5.32 Å². The predicted octanol–water partition coefficient (Wildman–Crippen LogP) is 3.81. The minimum atomic E-state index is 0.600. The normalized spacial score (nSPS) is 10.4. The Balaban J connectivity index is 1.76. The van der Waals surface area contributed by atoms with Crippen molar-refractivity contribution in [2.24, 2.45) is 0 Å². The lowest BCUT2D eigenvalue weighted by atomic mass is 10.1. The summed E-state index contributed by atoms with van der Waals surface area (Å²) in [4.78, 5) is 8.49. The maximum atomic E-state index is 9.01. The van der Waals surface area contributed by atoms with Crippen molar-refractivity contribution in [3.63, 3.8) is 0 Å². The van der Waals surface area contributed by atoms with Crippen molar-refractivity contribution in [3.8, 4) is 6.07 Å². The van der Waals surface area contributed by atoms with E-state index < -0.39 is 0 Å². The van der Waals surface area contributed by atoms with Crippen LogP contribution in [0.2, 0.25) is 5.02 Å². The quantitative estimate of drug-likeness (QED) is 0.796. The molecule has 1 aromatic heterocycles. The lowest BCUT2D eigenvalue weighted by Crippen LogP contribution is -2.07. The largest absolute Gasteiger partial charge is 0.369 e. The molecular formula is C17H13ClN4. The maximum Gasteiger partial charge on any atom is 0.137 e. The van der Waals surface area contributed by atoms with Gasteiger partial charge in [0.1, 0.15) is 12.1 Å². The van der Waals surface area contributed by atoms with E-state index in [1.54, 1.807) is 12.1 Å². The monoisotopic (exact) mass is 308 g/mol. The number of hydrogen-bond donors (Lipinski definition) is 1. The van der Waals surface area contributed by atoms with Crippen LogP contribution in [0.1, 0.15) is 11.1 Å². The fourth-order valence-corrected chi connectivity index (χ4v) is 2.37. The van der Waals surface area contributed by atoms with Gasteiger partial charge in [0.05, 0.1) is 17.1 Å². The molecule has 0 radical (unpaired) electrons. The number of nitriles is 1. The molecule has 108 valence electrons. The van der Waals surface area contributed by atoms with Gasteiger partial charge in [-0.05, 0) is 42.3 Å². The molecule has 0 saturated carbocycles. The summed E-state index contributed by atoms with van der Waals surface area (Å²) >= 11 is 5.88. The second kappa shape index (κ2) is 6.42. The zero-order chi connectivity index (χ0) is 15.4. The van der Waals surface area contributed by atoms with Crippen molar-refractivity contribution in [2.45, 2.75) is 6.42 Å². The molecule has 0 amide bonds. The van der Waals surface area contributed by atoms with Gasteiger partial charge >= 0.3 is 0 Å². The van der Waals surface area contributed by atoms with E-state index >= 15 is 0 Å². The van der Waals surface area contributed by atoms with Gasteiger partial charge in [0.2, 0.25) is 0 Å². The number of benzene rings is 2. The van der Waals surface area contributed by atoms with Crippen LogP contribution in [0, 0.1) is 11.3 Å². The van der Waals surface area contributed by atoms with E-state index in [-0.39, 0.29) is 0 Å². The van der Waals surface area contributed by atoms with E-state index in [1.807, 2.05) is 30.3 Å². The van der Waals surface area contributed by atoms with E-state index in [1.165, 1.54) is 11.9 Å². The molecule has 3 rings (SSSR count). The first-order chi connectivity index (χ1) is 10.8. The molecular weight excluding hydrogens is 296 g/mol. The molecule has 0 spiro atoms. The summed E-state index contributed by atoms with van der Waals surface area (Å²) in [5.74, 6) is 0.746. The topological polar surface area (TPSA) is 61.6 Å². The minimum absolute atomic E-state index is 0.600. The Labute approximate surface area is 133 Å². The molecule has 0 atom stereocenters. The summed E-state index contributed by atoms with van der Waals surface area (Å²) < 4.78 is 0. The van der Waals surface area contributed by atoms with Crippen molar-refractivity contribution in [2.75, 3.05) is 11.9 Å². The summed E-state index contributed by atoms with van der Waals surface area (Å²) in [7, 11) is 0. The van der Waals surface area contributed by atoms with E-state index in [4.69, 9.17) is 16.9 Å². The lowest BCUT2D eigenvalue weighted by molar-refractivity contribution is 1.01. The fourth-order valence-electron chi connectivity index (χ4n) is 2.24. The number of halogens is 1. The molecule has 1 heterocycles. The third-order valence-corrected chi connectivity index (χ3v) is 3.64. The van der Waals surface area contributed by atoms with Crippen LogP contribution in [-0.4, -0.2) is 16.5 Å². The summed E-state index contributed by atoms with van der Waals surface area (Å²) in [6.07, 6.45) is 2.39. The van der Waals surface area contributed by atoms with Gasteiger partial charge in [-0.1, -0.05) is 23.7 Å². The van der Waals surface area contributed by atoms with Crippen LogP contribution in [0.3, 0.4) is 0 Å². The average Bonchev–Trinajstić information content (AvgIpc) is 2.56. The average molecular weight is 309 g/mol. The number of hydrogen-bond acceptors (Lipinski definition) is 4. The Kier molecular flexibility index (Phi) is 4.17. The van der Waals surface area contributed by atoms with Crippen LogP contribution in [0.15, 0.2) is 48.8 Å². The molecule has 0 aliphatic rings. The molecule has 5 heteroatoms. The Morgan fingerprint density at radius 3 is 2.68 bits per heavy atom. The van der Waals surface area contributed by atoms with Crippen molar-refractivity contribution in [1.82, 2.24) is 9.97 Å². The van der Waals surface area contributed by atoms with E-state index in [0.29, 0.717) is 5.56 Å². The van der Waals surface area contributed by atoms with Crippen molar-refractivity contribution >= 4 is 28.3 Å². The van der Waals surface area contributed by atoms with Crippen molar-refractivity contribution < 1.29 is 0 Å². The molecule has 0 bridgehead atoms. The van der Waals surface area contributed by atoms with Gasteiger partial charge in [-0.25, -0.2) is 9.97 Å². The molecule has 4 nitrogen and oxygen atoms in total. The highest BCUT2D eigenvalue weighted by Crippen LogP contribution is 2.20. The Morgan fingerprint density at radius 1 is 1.09 bits per heavy atom. The molecule has 0 fully saturated rings. The Morgan fingerprint density at radius 2 is 1.91 bits per heavy atom. The zero-order valence-electron chi connectivity index (χ0n) is 11.8. The van der Waals surface area contributed by atoms with Crippen LogP contribution >= 0.6 is 11.6 Å². The number of anilines is 1. The SMILES string of the molecule is N#Cc1ccc2ncnc(NCCc3ccc(Cl)cc3)c2c1. The molecule has 1 N–H and O–H groups in total. The summed E-state index contributed by atoms with van der Waals surface area (Å²) in [6, 6.07) is 15.3. The van der Waals surface area contributed by atoms with Crippen LogP contribution in [0.4, 0.5) is 5.82 Å². The number of fused-ring (bicyclic) bond motifs is 1. The van der Waals surface area contributed by atoms with E-state index in [0.717, 1.165) is 34.7 Å². The second-order valence-electron chi connectivity index (χ2n) is 4.87. The molecule has 0 aliphatic heterocycles. The highest BCUT2D eigenvalue weighted by molar-refractivity contribution is 6.30. The van der Waals surface area contributed by atoms with Gasteiger partial charge in [-0.2, -0.15) is 5.26 Å². The molecule has 0 unspecified atom stereocenters. The Bertz CT molecular complexity index is 837. The molecule has 22 heavy (non-hydrogen) atoms. The molecule has 2 aromatic carbocycles. The first-order valence-electron chi connectivity index (χ1n) is 6.89. The first kappa shape index (κ1) is 14.3. The van der Waals surface area contributed by atoms with Crippen molar-refractivity contribution in [3.05, 3.63) is 64.9 Å². The third-order valence-electron chi connectivity index (χ3n) is 3.38. The molecule has 0 saturated heterocycles. The third kappa shape index (κ3) is 3.16. The number of aromatic nitrogens is 2. The van der Waals surface area contributed by atoms with Gasteiger partial charge in [0.15, 0.2) is 0 Å². The minimum Gasteiger partial charge on any atom is -0.369 e. The van der Waals surface area contributed by atoms with Crippen LogP contribution in [-0.2, 0) is 6.42 Å². The van der Waals surface area contributed by atoms with Crippen LogP contribution in [0.5, 0.6) is 0 Å². The van der Waals surface area contributed by atoms with Gasteiger partial charge in [0.25, 0.3) is 0 Å². The fraction of sp³-hybridized carbons (Fsp3) is 0.118. The number of nitrogens with zero attached hydrogens (tertiary/aromatic N) is 3. The first-order valence-corrected chi connectivity index (χ1v) is 7.27. The standard InChI is InChI=1S/C17H13ClN4/c18-14-4-1-12(2-5-14)7-8-20-17-15-9-13(10-19)3-6-16(15)21-11-22-17/h1-6,9,11H,7-8H2,(H,20,21,22). The lowest BCUT2D eigenvalue weighted by Gasteiger charge is -2.08. The highest BCUT2D eigenvalue weighted by Gasteiger charge is 2.04. The number of rotatable bonds is 4. The summed E-state index contributed by atoms with van der Waals surface area (Å²) in [6.45, 7) is 0.741. The summed E-state index contributed by atoms with van der Waals surface area (Å²) in [5.41, 5.74) is 2.62. The maximum absolute atomic E-state index is 9.01. The van der Waals surface area contributed by atoms with Crippen LogP contribution in [0.25, 0.3) is 10.9 Å². The smallest absolute Gasteiger partial charge is 0.137 e. The van der Waals surface area contributed by atoms with Gasteiger partial charge in [0, 0.05) is 17.0 Å².